The molecule has 8 heteroatoms. The minimum Gasteiger partial charge on any atom is -0.228 e. The zero-order valence-corrected chi connectivity index (χ0v) is 11.3. The Balaban J connectivity index is 2.00. The highest BCUT2D eigenvalue weighted by Gasteiger charge is 2.50. The standard InChI is InChI=1S/C12H13FN4O2S/c13-9-2-4-10(5-3-9)17-8-11(15-16-17)12(6-1-7-12)20(14,18)19/h2-5,8H,1,6-7H2,(H2,14,18,19). The van der Waals surface area contributed by atoms with Gasteiger partial charge in [0, 0.05) is 0 Å². The number of benzene rings is 1. The Labute approximate surface area is 115 Å². The van der Waals surface area contributed by atoms with Crippen LogP contribution in [0.3, 0.4) is 0 Å². The molecule has 1 aromatic carbocycles. The van der Waals surface area contributed by atoms with E-state index in [1.54, 1.807) is 0 Å². The van der Waals surface area contributed by atoms with E-state index in [1.165, 1.54) is 35.1 Å². The van der Waals surface area contributed by atoms with Crippen LogP contribution in [0.2, 0.25) is 0 Å². The molecule has 1 aromatic heterocycles. The fraction of sp³-hybridized carbons (Fsp3) is 0.333. The molecular formula is C12H13FN4O2S. The van der Waals surface area contributed by atoms with Gasteiger partial charge >= 0.3 is 0 Å². The van der Waals surface area contributed by atoms with Crippen molar-refractivity contribution in [1.29, 1.82) is 0 Å². The number of halogens is 1. The lowest BCUT2D eigenvalue weighted by atomic mass is 9.82. The number of nitrogens with two attached hydrogens (primary N) is 1. The van der Waals surface area contributed by atoms with Gasteiger partial charge in [-0.05, 0) is 43.5 Å². The SMILES string of the molecule is NS(=O)(=O)C1(c2cn(-c3ccc(F)cc3)nn2)CCC1. The van der Waals surface area contributed by atoms with E-state index in [9.17, 15) is 12.8 Å². The van der Waals surface area contributed by atoms with Crippen molar-refractivity contribution in [1.82, 2.24) is 15.0 Å². The van der Waals surface area contributed by atoms with Crippen molar-refractivity contribution in [2.75, 3.05) is 0 Å². The topological polar surface area (TPSA) is 90.9 Å². The second kappa shape index (κ2) is 4.35. The van der Waals surface area contributed by atoms with E-state index in [0.29, 0.717) is 24.2 Å². The molecule has 6 nitrogen and oxygen atoms in total. The summed E-state index contributed by atoms with van der Waals surface area (Å²) in [5.74, 6) is -0.353. The van der Waals surface area contributed by atoms with Crippen molar-refractivity contribution in [3.8, 4) is 5.69 Å². The monoisotopic (exact) mass is 296 g/mol. The first-order chi connectivity index (χ1) is 9.42. The van der Waals surface area contributed by atoms with Crippen LogP contribution in [-0.4, -0.2) is 23.4 Å². The summed E-state index contributed by atoms with van der Waals surface area (Å²) in [4.78, 5) is 0. The third-order valence-corrected chi connectivity index (χ3v) is 5.46. The zero-order valence-electron chi connectivity index (χ0n) is 10.5. The molecule has 0 bridgehead atoms. The van der Waals surface area contributed by atoms with Crippen LogP contribution >= 0.6 is 0 Å². The van der Waals surface area contributed by atoms with Crippen molar-refractivity contribution in [3.63, 3.8) is 0 Å². The number of nitrogens with zero attached hydrogens (tertiary/aromatic N) is 3. The Kier molecular flexibility index (Phi) is 2.87. The quantitative estimate of drug-likeness (QED) is 0.917. The molecule has 0 aliphatic heterocycles. The Bertz CT molecular complexity index is 735. The Hall–Kier alpha value is -1.80. The molecule has 0 radical (unpaired) electrons. The molecule has 0 unspecified atom stereocenters. The van der Waals surface area contributed by atoms with Crippen molar-refractivity contribution in [2.24, 2.45) is 5.14 Å². The lowest BCUT2D eigenvalue weighted by Gasteiger charge is -2.37. The molecule has 1 saturated carbocycles. The third kappa shape index (κ3) is 1.92. The lowest BCUT2D eigenvalue weighted by Crippen LogP contribution is -2.46. The molecule has 2 N–H and O–H groups in total. The summed E-state index contributed by atoms with van der Waals surface area (Å²) in [7, 11) is -3.73. The third-order valence-electron chi connectivity index (χ3n) is 3.76. The minimum atomic E-state index is -3.73. The van der Waals surface area contributed by atoms with Crippen LogP contribution < -0.4 is 5.14 Å². The van der Waals surface area contributed by atoms with Gasteiger partial charge in [0.15, 0.2) is 0 Å². The molecule has 0 atom stereocenters. The van der Waals surface area contributed by atoms with Gasteiger partial charge in [0.2, 0.25) is 10.0 Å². The average molecular weight is 296 g/mol. The van der Waals surface area contributed by atoms with E-state index in [2.05, 4.69) is 10.3 Å². The van der Waals surface area contributed by atoms with Crippen LogP contribution in [0.15, 0.2) is 30.5 Å². The molecule has 1 fully saturated rings. The number of aromatic nitrogens is 3. The van der Waals surface area contributed by atoms with Crippen LogP contribution in [0.5, 0.6) is 0 Å². The summed E-state index contributed by atoms with van der Waals surface area (Å²) in [6.45, 7) is 0. The summed E-state index contributed by atoms with van der Waals surface area (Å²) in [5, 5.41) is 13.2. The van der Waals surface area contributed by atoms with Crippen LogP contribution in [-0.2, 0) is 14.8 Å². The molecule has 0 spiro atoms. The first-order valence-electron chi connectivity index (χ1n) is 6.13. The van der Waals surface area contributed by atoms with Gasteiger partial charge in [-0.1, -0.05) is 5.21 Å². The predicted octanol–water partition coefficient (Wildman–Crippen LogP) is 1.07. The maximum atomic E-state index is 12.9. The molecule has 1 heterocycles. The summed E-state index contributed by atoms with van der Waals surface area (Å²) >= 11 is 0. The van der Waals surface area contributed by atoms with Gasteiger partial charge in [0.05, 0.1) is 11.9 Å². The predicted molar refractivity (Wildman–Crippen MR) is 70.0 cm³/mol. The summed E-state index contributed by atoms with van der Waals surface area (Å²) in [6, 6.07) is 5.68. The van der Waals surface area contributed by atoms with Gasteiger partial charge in [-0.2, -0.15) is 0 Å². The average Bonchev–Trinajstić information content (AvgIpc) is 2.76. The highest BCUT2D eigenvalue weighted by Crippen LogP contribution is 2.45. The summed E-state index contributed by atoms with van der Waals surface area (Å²) in [5.41, 5.74) is 0.949. The van der Waals surface area contributed by atoms with Gasteiger partial charge in [-0.15, -0.1) is 5.10 Å². The maximum Gasteiger partial charge on any atom is 0.220 e. The fourth-order valence-corrected chi connectivity index (χ4v) is 3.62. The van der Waals surface area contributed by atoms with Crippen LogP contribution in [0, 0.1) is 5.82 Å². The van der Waals surface area contributed by atoms with Gasteiger partial charge in [-0.25, -0.2) is 22.6 Å². The molecular weight excluding hydrogens is 283 g/mol. The lowest BCUT2D eigenvalue weighted by molar-refractivity contribution is 0.337. The molecule has 1 aliphatic rings. The van der Waals surface area contributed by atoms with Crippen molar-refractivity contribution < 1.29 is 12.8 Å². The van der Waals surface area contributed by atoms with E-state index in [4.69, 9.17) is 5.14 Å². The summed E-state index contributed by atoms with van der Waals surface area (Å²) < 4.78 is 36.7. The van der Waals surface area contributed by atoms with E-state index < -0.39 is 14.8 Å². The van der Waals surface area contributed by atoms with Gasteiger partial charge in [0.1, 0.15) is 16.3 Å². The number of sulfonamides is 1. The molecule has 20 heavy (non-hydrogen) atoms. The molecule has 1 aliphatic carbocycles. The first-order valence-corrected chi connectivity index (χ1v) is 7.68. The van der Waals surface area contributed by atoms with E-state index in [0.717, 1.165) is 6.42 Å². The second-order valence-electron chi connectivity index (χ2n) is 4.92. The molecule has 0 saturated heterocycles. The first kappa shape index (κ1) is 13.2. The van der Waals surface area contributed by atoms with Crippen LogP contribution in [0.25, 0.3) is 5.69 Å². The van der Waals surface area contributed by atoms with E-state index >= 15 is 0 Å². The highest BCUT2D eigenvalue weighted by atomic mass is 32.2. The van der Waals surface area contributed by atoms with Gasteiger partial charge in [-0.3, -0.25) is 0 Å². The van der Waals surface area contributed by atoms with Gasteiger partial charge in [0.25, 0.3) is 0 Å². The van der Waals surface area contributed by atoms with Crippen molar-refractivity contribution in [2.45, 2.75) is 24.0 Å². The zero-order chi connectivity index (χ0) is 14.4. The molecule has 0 amide bonds. The second-order valence-corrected chi connectivity index (χ2v) is 6.79. The Morgan fingerprint density at radius 2 is 1.90 bits per heavy atom. The smallest absolute Gasteiger partial charge is 0.220 e. The van der Waals surface area contributed by atoms with Crippen LogP contribution in [0.1, 0.15) is 25.0 Å². The summed E-state index contributed by atoms with van der Waals surface area (Å²) in [6.07, 6.45) is 3.23. The van der Waals surface area contributed by atoms with Crippen molar-refractivity contribution >= 4 is 10.0 Å². The number of hydrogen-bond acceptors (Lipinski definition) is 4. The maximum absolute atomic E-state index is 12.9. The molecule has 106 valence electrons. The highest BCUT2D eigenvalue weighted by molar-refractivity contribution is 7.90. The van der Waals surface area contributed by atoms with E-state index in [-0.39, 0.29) is 5.82 Å². The normalized spacial score (nSPS) is 17.7. The Morgan fingerprint density at radius 3 is 2.40 bits per heavy atom. The van der Waals surface area contributed by atoms with Crippen molar-refractivity contribution in [3.05, 3.63) is 42.0 Å². The van der Waals surface area contributed by atoms with Gasteiger partial charge < -0.3 is 0 Å². The molecule has 2 aromatic rings. The van der Waals surface area contributed by atoms with E-state index in [1.807, 2.05) is 0 Å². The number of rotatable bonds is 3. The minimum absolute atomic E-state index is 0.343. The molecule has 3 rings (SSSR count). The van der Waals surface area contributed by atoms with Crippen LogP contribution in [0.4, 0.5) is 4.39 Å². The number of primary sulfonamides is 1. The number of hydrogen-bond donors (Lipinski definition) is 1. The fourth-order valence-electron chi connectivity index (χ4n) is 2.38. The largest absolute Gasteiger partial charge is 0.228 e. The Morgan fingerprint density at radius 1 is 1.25 bits per heavy atom.